The molecule has 10 heteroatoms. The summed E-state index contributed by atoms with van der Waals surface area (Å²) in [4.78, 5) is 8.44. The van der Waals surface area contributed by atoms with Crippen LogP contribution in [0.1, 0.15) is 31.4 Å². The summed E-state index contributed by atoms with van der Waals surface area (Å²) in [7, 11) is 0. The van der Waals surface area contributed by atoms with Gasteiger partial charge >= 0.3 is 0 Å². The van der Waals surface area contributed by atoms with Crippen molar-refractivity contribution in [1.82, 2.24) is 9.97 Å². The molecule has 140 valence electrons. The lowest BCUT2D eigenvalue weighted by atomic mass is 10.2. The molecule has 0 bridgehead atoms. The predicted octanol–water partition coefficient (Wildman–Crippen LogP) is 3.14. The van der Waals surface area contributed by atoms with E-state index >= 15 is 0 Å². The van der Waals surface area contributed by atoms with Crippen LogP contribution in [0.4, 0.5) is 35.0 Å². The second-order valence-electron chi connectivity index (χ2n) is 6.10. The Labute approximate surface area is 146 Å². The van der Waals surface area contributed by atoms with Crippen LogP contribution >= 0.6 is 0 Å². The first kappa shape index (κ1) is 18.2. The number of hydrogen-bond donors (Lipinski definition) is 4. The number of aromatic nitrogens is 2. The smallest absolute Gasteiger partial charge is 0.225 e. The third-order valence-corrected chi connectivity index (χ3v) is 3.82. The molecule has 26 heavy (non-hydrogen) atoms. The minimum absolute atomic E-state index is 0.129. The Hall–Kier alpha value is -2.62. The van der Waals surface area contributed by atoms with Crippen LogP contribution in [0, 0.1) is 23.3 Å². The van der Waals surface area contributed by atoms with E-state index in [1.165, 1.54) is 0 Å². The molecule has 0 unspecified atom stereocenters. The summed E-state index contributed by atoms with van der Waals surface area (Å²) in [5.74, 6) is -5.53. The molecule has 0 radical (unpaired) electrons. The number of hydrazine groups is 1. The molecule has 1 aromatic heterocycles. The minimum Gasteiger partial charge on any atom is -0.394 e. The van der Waals surface area contributed by atoms with E-state index in [4.69, 9.17) is 5.11 Å². The molecule has 0 amide bonds. The molecular weight excluding hydrogens is 354 g/mol. The minimum atomic E-state index is -1.56. The van der Waals surface area contributed by atoms with Crippen LogP contribution in [-0.2, 0) is 0 Å². The molecule has 1 saturated carbocycles. The quantitative estimate of drug-likeness (QED) is 0.340. The molecule has 0 spiro atoms. The van der Waals surface area contributed by atoms with Crippen LogP contribution in [0.25, 0.3) is 0 Å². The highest BCUT2D eigenvalue weighted by molar-refractivity contribution is 5.53. The van der Waals surface area contributed by atoms with E-state index in [1.54, 1.807) is 13.0 Å². The van der Waals surface area contributed by atoms with Crippen molar-refractivity contribution in [1.29, 1.82) is 0 Å². The Kier molecular flexibility index (Phi) is 5.12. The summed E-state index contributed by atoms with van der Waals surface area (Å²) < 4.78 is 53.9. The van der Waals surface area contributed by atoms with Crippen molar-refractivity contribution in [2.24, 2.45) is 0 Å². The van der Waals surface area contributed by atoms with E-state index in [0.29, 0.717) is 5.69 Å². The van der Waals surface area contributed by atoms with E-state index in [9.17, 15) is 17.6 Å². The van der Waals surface area contributed by atoms with Gasteiger partial charge in [0.15, 0.2) is 23.3 Å². The lowest BCUT2D eigenvalue weighted by molar-refractivity contribution is 0.281. The lowest BCUT2D eigenvalue weighted by Crippen LogP contribution is -2.22. The molecule has 6 nitrogen and oxygen atoms in total. The maximum atomic E-state index is 13.7. The van der Waals surface area contributed by atoms with Crippen LogP contribution in [-0.4, -0.2) is 27.7 Å². The van der Waals surface area contributed by atoms with Gasteiger partial charge in [-0.05, 0) is 19.8 Å². The summed E-state index contributed by atoms with van der Waals surface area (Å²) in [5.41, 5.74) is 4.27. The van der Waals surface area contributed by atoms with Gasteiger partial charge in [-0.2, -0.15) is 4.98 Å². The second-order valence-corrected chi connectivity index (χ2v) is 6.10. The molecule has 1 aliphatic carbocycles. The average Bonchev–Trinajstić information content (AvgIpc) is 3.45. The summed E-state index contributed by atoms with van der Waals surface area (Å²) >= 11 is 0. The predicted molar refractivity (Wildman–Crippen MR) is 87.7 cm³/mol. The first-order valence-electron chi connectivity index (χ1n) is 8.00. The first-order chi connectivity index (χ1) is 12.4. The monoisotopic (exact) mass is 371 g/mol. The molecule has 2 aromatic rings. The molecular formula is C16H17F4N5O. The highest BCUT2D eigenvalue weighted by Gasteiger charge is 2.26. The van der Waals surface area contributed by atoms with Crippen LogP contribution in [0.2, 0.25) is 0 Å². The van der Waals surface area contributed by atoms with Gasteiger partial charge in [-0.15, -0.1) is 0 Å². The van der Waals surface area contributed by atoms with Gasteiger partial charge in [0.05, 0.1) is 12.3 Å². The molecule has 1 aromatic carbocycles. The largest absolute Gasteiger partial charge is 0.394 e. The van der Waals surface area contributed by atoms with Gasteiger partial charge in [0.1, 0.15) is 11.5 Å². The Morgan fingerprint density at radius 2 is 1.73 bits per heavy atom. The van der Waals surface area contributed by atoms with Crippen molar-refractivity contribution >= 4 is 17.5 Å². The highest BCUT2D eigenvalue weighted by atomic mass is 19.2. The fourth-order valence-corrected chi connectivity index (χ4v) is 2.26. The SMILES string of the molecule is C[C@H](CO)Nc1nc(NNc2c(F)c(F)cc(F)c2F)cc(C2CC2)n1. The van der Waals surface area contributed by atoms with Crippen molar-refractivity contribution in [3.8, 4) is 0 Å². The number of aliphatic hydroxyl groups is 1. The molecule has 1 aliphatic rings. The summed E-state index contributed by atoms with van der Waals surface area (Å²) in [5, 5.41) is 12.0. The Bertz CT molecular complexity index is 789. The average molecular weight is 371 g/mol. The van der Waals surface area contributed by atoms with E-state index in [-0.39, 0.29) is 36.4 Å². The molecule has 0 saturated heterocycles. The first-order valence-corrected chi connectivity index (χ1v) is 8.00. The number of hydrogen-bond acceptors (Lipinski definition) is 6. The third-order valence-electron chi connectivity index (χ3n) is 3.82. The van der Waals surface area contributed by atoms with E-state index in [1.807, 2.05) is 0 Å². The number of nitrogens with zero attached hydrogens (tertiary/aromatic N) is 2. The van der Waals surface area contributed by atoms with Gasteiger partial charge < -0.3 is 10.4 Å². The molecule has 1 heterocycles. The van der Waals surface area contributed by atoms with Gasteiger partial charge in [0, 0.05) is 24.1 Å². The van der Waals surface area contributed by atoms with Gasteiger partial charge in [0.25, 0.3) is 0 Å². The fraction of sp³-hybridized carbons (Fsp3) is 0.375. The molecule has 4 N–H and O–H groups in total. The van der Waals surface area contributed by atoms with Crippen LogP contribution in [0.3, 0.4) is 0 Å². The number of nitrogens with one attached hydrogen (secondary N) is 3. The third kappa shape index (κ3) is 3.96. The maximum absolute atomic E-state index is 13.7. The van der Waals surface area contributed by atoms with Gasteiger partial charge in [0.2, 0.25) is 5.95 Å². The summed E-state index contributed by atoms with van der Waals surface area (Å²) in [6.07, 6.45) is 1.91. The molecule has 3 rings (SSSR count). The normalized spacial score (nSPS) is 14.8. The van der Waals surface area contributed by atoms with Crippen LogP contribution in [0.5, 0.6) is 0 Å². The van der Waals surface area contributed by atoms with Crippen molar-refractivity contribution in [3.05, 3.63) is 41.1 Å². The fourth-order valence-electron chi connectivity index (χ4n) is 2.26. The number of rotatable bonds is 7. The standard InChI is InChI=1S/C16H17F4N5O/c1-7(6-26)21-16-22-11(8-2-3-8)5-12(23-16)24-25-15-13(19)9(17)4-10(18)14(15)20/h4-5,7-8,25-26H,2-3,6H2,1H3,(H2,21,22,23,24)/t7-/m1/s1. The molecule has 1 fully saturated rings. The maximum Gasteiger partial charge on any atom is 0.225 e. The Morgan fingerprint density at radius 3 is 2.31 bits per heavy atom. The van der Waals surface area contributed by atoms with E-state index in [2.05, 4.69) is 26.1 Å². The van der Waals surface area contributed by atoms with Crippen molar-refractivity contribution in [2.45, 2.75) is 31.7 Å². The zero-order valence-corrected chi connectivity index (χ0v) is 13.8. The van der Waals surface area contributed by atoms with Gasteiger partial charge in [-0.3, -0.25) is 10.9 Å². The topological polar surface area (TPSA) is 82.1 Å². The summed E-state index contributed by atoms with van der Waals surface area (Å²) in [6, 6.07) is 1.40. The number of aliphatic hydroxyl groups excluding tert-OH is 1. The van der Waals surface area contributed by atoms with Gasteiger partial charge in [-0.25, -0.2) is 22.5 Å². The van der Waals surface area contributed by atoms with Gasteiger partial charge in [-0.1, -0.05) is 0 Å². The van der Waals surface area contributed by atoms with E-state index < -0.39 is 29.0 Å². The van der Waals surface area contributed by atoms with E-state index in [0.717, 1.165) is 12.8 Å². The molecule has 1 atom stereocenters. The van der Waals surface area contributed by atoms with Crippen LogP contribution in [0.15, 0.2) is 12.1 Å². The van der Waals surface area contributed by atoms with Crippen LogP contribution < -0.4 is 16.2 Å². The Balaban J connectivity index is 1.83. The summed E-state index contributed by atoms with van der Waals surface area (Å²) in [6.45, 7) is 1.58. The zero-order valence-electron chi connectivity index (χ0n) is 13.8. The zero-order chi connectivity index (χ0) is 18.8. The number of benzene rings is 1. The van der Waals surface area contributed by atoms with Crippen molar-refractivity contribution in [2.75, 3.05) is 22.8 Å². The van der Waals surface area contributed by atoms with Crippen molar-refractivity contribution in [3.63, 3.8) is 0 Å². The Morgan fingerprint density at radius 1 is 1.08 bits per heavy atom. The lowest BCUT2D eigenvalue weighted by Gasteiger charge is -2.15. The molecule has 0 aliphatic heterocycles. The highest BCUT2D eigenvalue weighted by Crippen LogP contribution is 2.40. The van der Waals surface area contributed by atoms with Crippen molar-refractivity contribution < 1.29 is 22.7 Å². The second kappa shape index (κ2) is 7.32. The number of halogens is 4. The number of anilines is 3.